The number of nitrogens with one attached hydrogen (secondary N) is 1. The van der Waals surface area contributed by atoms with Crippen LogP contribution in [0.2, 0.25) is 0 Å². The Hall–Kier alpha value is -3.52. The minimum Gasteiger partial charge on any atom is -0.492 e. The van der Waals surface area contributed by atoms with Crippen LogP contribution in [-0.4, -0.2) is 40.1 Å². The van der Waals surface area contributed by atoms with E-state index < -0.39 is 22.0 Å². The van der Waals surface area contributed by atoms with Crippen molar-refractivity contribution in [2.24, 2.45) is 0 Å². The van der Waals surface area contributed by atoms with E-state index in [4.69, 9.17) is 9.47 Å². The van der Waals surface area contributed by atoms with Gasteiger partial charge in [0.1, 0.15) is 18.1 Å². The third-order valence-corrected chi connectivity index (χ3v) is 7.81. The molecule has 0 spiro atoms. The number of rotatable bonds is 9. The average Bonchev–Trinajstić information content (AvgIpc) is 2.87. The van der Waals surface area contributed by atoms with Crippen molar-refractivity contribution >= 4 is 21.6 Å². The number of aryl methyl sites for hydroxylation is 3. The van der Waals surface area contributed by atoms with Crippen LogP contribution in [0.5, 0.6) is 11.5 Å². The van der Waals surface area contributed by atoms with Gasteiger partial charge in [-0.3, -0.25) is 9.10 Å². The van der Waals surface area contributed by atoms with Gasteiger partial charge in [-0.15, -0.1) is 0 Å². The third kappa shape index (κ3) is 5.82. The largest absolute Gasteiger partial charge is 0.492 e. The molecule has 7 nitrogen and oxygen atoms in total. The number of hydrogen-bond acceptors (Lipinski definition) is 5. The Morgan fingerprint density at radius 2 is 1.72 bits per heavy atom. The monoisotopic (exact) mass is 508 g/mol. The summed E-state index contributed by atoms with van der Waals surface area (Å²) in [7, 11) is -3.89. The van der Waals surface area contributed by atoms with Crippen LogP contribution in [0.1, 0.15) is 30.0 Å². The van der Waals surface area contributed by atoms with E-state index in [9.17, 15) is 13.2 Å². The van der Waals surface area contributed by atoms with Gasteiger partial charge in [-0.2, -0.15) is 0 Å². The van der Waals surface area contributed by atoms with Gasteiger partial charge in [0.05, 0.1) is 23.7 Å². The highest BCUT2D eigenvalue weighted by molar-refractivity contribution is 7.92. The van der Waals surface area contributed by atoms with E-state index in [0.29, 0.717) is 11.4 Å². The Balaban J connectivity index is 1.44. The summed E-state index contributed by atoms with van der Waals surface area (Å²) in [6.45, 7) is 6.35. The number of sulfonamides is 1. The number of carbonyl (C=O) groups is 1. The van der Waals surface area contributed by atoms with Crippen molar-refractivity contribution < 1.29 is 22.7 Å². The molecule has 36 heavy (non-hydrogen) atoms. The molecule has 3 aromatic carbocycles. The highest BCUT2D eigenvalue weighted by atomic mass is 32.2. The molecule has 0 unspecified atom stereocenters. The third-order valence-electron chi connectivity index (χ3n) is 6.02. The molecule has 0 saturated carbocycles. The molecule has 8 heteroatoms. The van der Waals surface area contributed by atoms with Gasteiger partial charge < -0.3 is 14.8 Å². The summed E-state index contributed by atoms with van der Waals surface area (Å²) in [6.07, 6.45) is 1.12. The molecule has 0 aromatic heterocycles. The van der Waals surface area contributed by atoms with Gasteiger partial charge in [-0.25, -0.2) is 8.42 Å². The van der Waals surface area contributed by atoms with Gasteiger partial charge in [0.2, 0.25) is 0 Å². The predicted octanol–water partition coefficient (Wildman–Crippen LogP) is 4.41. The van der Waals surface area contributed by atoms with Crippen molar-refractivity contribution in [2.75, 3.05) is 24.0 Å². The molecule has 190 valence electrons. The molecular formula is C28H32N2O5S. The maximum atomic E-state index is 13.5. The fourth-order valence-corrected chi connectivity index (χ4v) is 5.54. The Morgan fingerprint density at radius 1 is 1.03 bits per heavy atom. The van der Waals surface area contributed by atoms with Crippen molar-refractivity contribution in [3.05, 3.63) is 83.4 Å². The Kier molecular flexibility index (Phi) is 7.84. The first kappa shape index (κ1) is 25.6. The van der Waals surface area contributed by atoms with E-state index in [0.717, 1.165) is 29.7 Å². The van der Waals surface area contributed by atoms with Gasteiger partial charge in [0.25, 0.3) is 15.9 Å². The maximum absolute atomic E-state index is 13.5. The van der Waals surface area contributed by atoms with Gasteiger partial charge in [-0.05, 0) is 67.8 Å². The minimum atomic E-state index is -3.89. The highest BCUT2D eigenvalue weighted by Crippen LogP contribution is 2.37. The molecule has 1 aliphatic rings. The number of anilines is 1. The Morgan fingerprint density at radius 3 is 2.42 bits per heavy atom. The highest BCUT2D eigenvalue weighted by Gasteiger charge is 2.37. The minimum absolute atomic E-state index is 0.127. The number of benzene rings is 3. The molecule has 0 bridgehead atoms. The zero-order chi connectivity index (χ0) is 25.7. The van der Waals surface area contributed by atoms with E-state index in [1.54, 1.807) is 36.4 Å². The van der Waals surface area contributed by atoms with Gasteiger partial charge >= 0.3 is 0 Å². The van der Waals surface area contributed by atoms with Crippen molar-refractivity contribution in [3.8, 4) is 11.5 Å². The molecule has 1 amide bonds. The molecule has 0 radical (unpaired) electrons. The summed E-state index contributed by atoms with van der Waals surface area (Å²) in [5, 5.41) is 2.81. The van der Waals surface area contributed by atoms with Crippen LogP contribution in [0.25, 0.3) is 0 Å². The van der Waals surface area contributed by atoms with Crippen molar-refractivity contribution in [2.45, 2.75) is 44.6 Å². The lowest BCUT2D eigenvalue weighted by molar-refractivity contribution is -0.127. The van der Waals surface area contributed by atoms with Crippen LogP contribution in [0.4, 0.5) is 5.69 Å². The van der Waals surface area contributed by atoms with Crippen LogP contribution < -0.4 is 19.1 Å². The lowest BCUT2D eigenvalue weighted by Crippen LogP contribution is -2.51. The van der Waals surface area contributed by atoms with Crippen LogP contribution in [0.3, 0.4) is 0 Å². The molecule has 1 atom stereocenters. The Bertz CT molecular complexity index is 1300. The van der Waals surface area contributed by atoms with Gasteiger partial charge in [0.15, 0.2) is 6.10 Å². The Labute approximate surface area is 213 Å². The maximum Gasteiger partial charge on any atom is 0.264 e. The predicted molar refractivity (Wildman–Crippen MR) is 140 cm³/mol. The standard InChI is InChI=1S/C28H32N2O5S/c1-4-5-22-9-11-23(12-10-22)34-17-16-29-28(31)27-19-30(25-15-8-21(3)18-26(25)35-27)36(32,33)24-13-6-20(2)7-14-24/h6-15,18,27H,4-5,16-17,19H2,1-3H3,(H,29,31)/t27-/m1/s1. The second-order valence-corrected chi connectivity index (χ2v) is 10.8. The van der Waals surface area contributed by atoms with E-state index in [2.05, 4.69) is 12.2 Å². The van der Waals surface area contributed by atoms with Gasteiger partial charge in [0, 0.05) is 0 Å². The zero-order valence-corrected chi connectivity index (χ0v) is 21.7. The lowest BCUT2D eigenvalue weighted by atomic mass is 10.1. The first-order chi connectivity index (χ1) is 17.3. The van der Waals surface area contributed by atoms with Gasteiger partial charge in [-0.1, -0.05) is 49.2 Å². The molecule has 1 aliphatic heterocycles. The van der Waals surface area contributed by atoms with Crippen LogP contribution in [0.15, 0.2) is 71.6 Å². The number of hydrogen-bond donors (Lipinski definition) is 1. The van der Waals surface area contributed by atoms with Crippen molar-refractivity contribution in [3.63, 3.8) is 0 Å². The lowest BCUT2D eigenvalue weighted by Gasteiger charge is -2.35. The normalized spacial score (nSPS) is 15.1. The van der Waals surface area contributed by atoms with E-state index >= 15 is 0 Å². The number of carbonyl (C=O) groups excluding carboxylic acids is 1. The van der Waals surface area contributed by atoms with E-state index in [1.807, 2.05) is 44.2 Å². The molecule has 3 aromatic rings. The second-order valence-electron chi connectivity index (χ2n) is 8.96. The molecule has 1 heterocycles. The number of nitrogens with zero attached hydrogens (tertiary/aromatic N) is 1. The van der Waals surface area contributed by atoms with Crippen LogP contribution in [0, 0.1) is 13.8 Å². The average molecular weight is 509 g/mol. The molecular weight excluding hydrogens is 476 g/mol. The quantitative estimate of drug-likeness (QED) is 0.433. The number of fused-ring (bicyclic) bond motifs is 1. The van der Waals surface area contributed by atoms with Crippen LogP contribution >= 0.6 is 0 Å². The summed E-state index contributed by atoms with van der Waals surface area (Å²) >= 11 is 0. The molecule has 1 N–H and O–H groups in total. The number of amides is 1. The van der Waals surface area contributed by atoms with Crippen molar-refractivity contribution in [1.82, 2.24) is 5.32 Å². The summed E-state index contributed by atoms with van der Waals surface area (Å²) in [5.74, 6) is 0.700. The molecule has 0 aliphatic carbocycles. The number of ether oxygens (including phenoxy) is 2. The first-order valence-corrected chi connectivity index (χ1v) is 13.6. The first-order valence-electron chi connectivity index (χ1n) is 12.1. The fraction of sp³-hybridized carbons (Fsp3) is 0.321. The molecule has 4 rings (SSSR count). The van der Waals surface area contributed by atoms with Crippen molar-refractivity contribution in [1.29, 1.82) is 0 Å². The fourth-order valence-electron chi connectivity index (χ4n) is 4.06. The van der Waals surface area contributed by atoms with Crippen LogP contribution in [-0.2, 0) is 21.2 Å². The smallest absolute Gasteiger partial charge is 0.264 e. The summed E-state index contributed by atoms with van der Waals surface area (Å²) in [5.41, 5.74) is 3.54. The van der Waals surface area contributed by atoms with E-state index in [1.165, 1.54) is 9.87 Å². The summed E-state index contributed by atoms with van der Waals surface area (Å²) in [4.78, 5) is 13.1. The van der Waals surface area contributed by atoms with E-state index in [-0.39, 0.29) is 24.6 Å². The molecule has 0 fully saturated rings. The second kappa shape index (κ2) is 11.0. The molecule has 0 saturated heterocycles. The topological polar surface area (TPSA) is 84.9 Å². The SMILES string of the molecule is CCCc1ccc(OCCNC(=O)[C@H]2CN(S(=O)(=O)c3ccc(C)cc3)c3ccc(C)cc3O2)cc1. The summed E-state index contributed by atoms with van der Waals surface area (Å²) < 4.78 is 40.0. The zero-order valence-electron chi connectivity index (χ0n) is 20.9. The summed E-state index contributed by atoms with van der Waals surface area (Å²) in [6, 6.07) is 19.9.